The van der Waals surface area contributed by atoms with Crippen molar-refractivity contribution >= 4 is 0 Å². The Hall–Kier alpha value is -1.31. The fourth-order valence-electron chi connectivity index (χ4n) is 1.43. The van der Waals surface area contributed by atoms with E-state index >= 15 is 0 Å². The van der Waals surface area contributed by atoms with Crippen molar-refractivity contribution < 1.29 is 26.3 Å². The topological polar surface area (TPSA) is 38.9 Å². The molecule has 1 aromatic rings. The molecule has 0 aliphatic rings. The maximum atomic E-state index is 12.6. The van der Waals surface area contributed by atoms with Gasteiger partial charge in [0.05, 0.1) is 5.56 Å². The number of hydrogen-bond donors (Lipinski definition) is 1. The fraction of sp³-hybridized carbons (Fsp3) is 0.500. The molecule has 0 bridgehead atoms. The van der Waals surface area contributed by atoms with Crippen LogP contribution in [0.2, 0.25) is 0 Å². The van der Waals surface area contributed by atoms with Gasteiger partial charge >= 0.3 is 12.4 Å². The molecule has 0 aliphatic heterocycles. The summed E-state index contributed by atoms with van der Waals surface area (Å²) in [6.45, 7) is 0. The third-order valence-electron chi connectivity index (χ3n) is 2.30. The molecule has 1 rings (SSSR count). The third-order valence-corrected chi connectivity index (χ3v) is 2.30. The Bertz CT molecular complexity index is 398. The van der Waals surface area contributed by atoms with Crippen LogP contribution in [0.15, 0.2) is 18.5 Å². The van der Waals surface area contributed by atoms with Crippen LogP contribution in [0.4, 0.5) is 26.3 Å². The van der Waals surface area contributed by atoms with E-state index in [0.717, 1.165) is 12.4 Å². The SMILES string of the molecule is NC(CCC(F)(F)F)c1cnccc1C(F)(F)F. The summed E-state index contributed by atoms with van der Waals surface area (Å²) < 4.78 is 73.7. The van der Waals surface area contributed by atoms with Gasteiger partial charge in [0, 0.05) is 24.9 Å². The van der Waals surface area contributed by atoms with E-state index in [1.165, 1.54) is 0 Å². The second-order valence-electron chi connectivity index (χ2n) is 3.72. The molecular formula is C10H10F6N2. The number of nitrogens with zero attached hydrogens (tertiary/aromatic N) is 1. The minimum atomic E-state index is -4.66. The van der Waals surface area contributed by atoms with Crippen molar-refractivity contribution in [1.82, 2.24) is 4.98 Å². The zero-order chi connectivity index (χ0) is 14.0. The van der Waals surface area contributed by atoms with Crippen LogP contribution < -0.4 is 5.73 Å². The Morgan fingerprint density at radius 2 is 1.78 bits per heavy atom. The second kappa shape index (κ2) is 5.13. The molecule has 102 valence electrons. The molecular weight excluding hydrogens is 262 g/mol. The quantitative estimate of drug-likeness (QED) is 0.856. The van der Waals surface area contributed by atoms with Gasteiger partial charge in [-0.25, -0.2) is 0 Å². The maximum absolute atomic E-state index is 12.6. The van der Waals surface area contributed by atoms with Crippen LogP contribution in [0.5, 0.6) is 0 Å². The van der Waals surface area contributed by atoms with E-state index in [-0.39, 0.29) is 0 Å². The van der Waals surface area contributed by atoms with E-state index in [1.807, 2.05) is 0 Å². The highest BCUT2D eigenvalue weighted by molar-refractivity contribution is 5.28. The van der Waals surface area contributed by atoms with Crippen molar-refractivity contribution in [2.45, 2.75) is 31.2 Å². The number of pyridine rings is 1. The number of alkyl halides is 6. The van der Waals surface area contributed by atoms with Gasteiger partial charge < -0.3 is 5.73 Å². The van der Waals surface area contributed by atoms with Crippen LogP contribution in [-0.4, -0.2) is 11.2 Å². The van der Waals surface area contributed by atoms with Crippen molar-refractivity contribution in [3.63, 3.8) is 0 Å². The van der Waals surface area contributed by atoms with Gasteiger partial charge in [0.1, 0.15) is 0 Å². The molecule has 0 radical (unpaired) electrons. The normalized spacial score (nSPS) is 14.6. The molecule has 2 N–H and O–H groups in total. The molecule has 0 aromatic carbocycles. The third kappa shape index (κ3) is 4.17. The standard InChI is InChI=1S/C10H10F6N2/c11-9(12,13)3-1-8(17)6-5-18-4-2-7(6)10(14,15)16/h2,4-5,8H,1,3,17H2. The first-order valence-electron chi connectivity index (χ1n) is 4.94. The van der Waals surface area contributed by atoms with Crippen molar-refractivity contribution in [1.29, 1.82) is 0 Å². The molecule has 1 aromatic heterocycles. The molecule has 0 saturated heterocycles. The van der Waals surface area contributed by atoms with Gasteiger partial charge in [-0.15, -0.1) is 0 Å². The summed E-state index contributed by atoms with van der Waals surface area (Å²) in [7, 11) is 0. The first kappa shape index (κ1) is 14.7. The van der Waals surface area contributed by atoms with E-state index in [1.54, 1.807) is 0 Å². The van der Waals surface area contributed by atoms with Gasteiger partial charge in [-0.05, 0) is 18.1 Å². The Labute approximate surface area is 98.8 Å². The van der Waals surface area contributed by atoms with Gasteiger partial charge in [0.25, 0.3) is 0 Å². The molecule has 1 heterocycles. The highest BCUT2D eigenvalue weighted by Gasteiger charge is 2.35. The molecule has 0 spiro atoms. The summed E-state index contributed by atoms with van der Waals surface area (Å²) in [5.41, 5.74) is 3.89. The number of halogens is 6. The maximum Gasteiger partial charge on any atom is 0.416 e. The molecule has 0 amide bonds. The first-order chi connectivity index (χ1) is 8.11. The van der Waals surface area contributed by atoms with Crippen LogP contribution in [0.3, 0.4) is 0 Å². The summed E-state index contributed by atoms with van der Waals surface area (Å²) in [5.74, 6) is 0. The fourth-order valence-corrected chi connectivity index (χ4v) is 1.43. The Morgan fingerprint density at radius 1 is 1.17 bits per heavy atom. The predicted octanol–water partition coefficient (Wildman–Crippen LogP) is 3.44. The van der Waals surface area contributed by atoms with Crippen molar-refractivity contribution in [3.05, 3.63) is 29.6 Å². The molecule has 18 heavy (non-hydrogen) atoms. The highest BCUT2D eigenvalue weighted by atomic mass is 19.4. The molecule has 2 nitrogen and oxygen atoms in total. The summed E-state index contributed by atoms with van der Waals surface area (Å²) in [4.78, 5) is 3.46. The molecule has 0 fully saturated rings. The lowest BCUT2D eigenvalue weighted by Crippen LogP contribution is -2.20. The van der Waals surface area contributed by atoms with Crippen LogP contribution in [0.1, 0.15) is 30.0 Å². The van der Waals surface area contributed by atoms with Gasteiger partial charge in [-0.1, -0.05) is 0 Å². The molecule has 0 aliphatic carbocycles. The van der Waals surface area contributed by atoms with Crippen LogP contribution in [0, 0.1) is 0 Å². The predicted molar refractivity (Wildman–Crippen MR) is 51.5 cm³/mol. The summed E-state index contributed by atoms with van der Waals surface area (Å²) in [5, 5.41) is 0. The van der Waals surface area contributed by atoms with Gasteiger partial charge in [0.2, 0.25) is 0 Å². The summed E-state index contributed by atoms with van der Waals surface area (Å²) in [6, 6.07) is -0.653. The first-order valence-corrected chi connectivity index (χ1v) is 4.94. The lowest BCUT2D eigenvalue weighted by atomic mass is 9.99. The lowest BCUT2D eigenvalue weighted by molar-refractivity contribution is -0.139. The van der Waals surface area contributed by atoms with E-state index in [2.05, 4.69) is 4.98 Å². The van der Waals surface area contributed by atoms with Gasteiger partial charge in [-0.3, -0.25) is 4.98 Å². The smallest absolute Gasteiger partial charge is 0.324 e. The van der Waals surface area contributed by atoms with Crippen LogP contribution in [0.25, 0.3) is 0 Å². The van der Waals surface area contributed by atoms with Crippen molar-refractivity contribution in [2.75, 3.05) is 0 Å². The van der Waals surface area contributed by atoms with Gasteiger partial charge in [0.15, 0.2) is 0 Å². The highest BCUT2D eigenvalue weighted by Crippen LogP contribution is 2.35. The number of rotatable bonds is 3. The largest absolute Gasteiger partial charge is 0.416 e. The monoisotopic (exact) mass is 272 g/mol. The number of hydrogen-bond acceptors (Lipinski definition) is 2. The lowest BCUT2D eigenvalue weighted by Gasteiger charge is -2.18. The van der Waals surface area contributed by atoms with Crippen molar-refractivity contribution in [3.8, 4) is 0 Å². The van der Waals surface area contributed by atoms with Crippen LogP contribution >= 0.6 is 0 Å². The number of nitrogens with two attached hydrogens (primary N) is 1. The molecule has 8 heteroatoms. The molecule has 0 saturated carbocycles. The summed E-state index contributed by atoms with van der Waals surface area (Å²) in [6.07, 6.45) is -9.18. The minimum Gasteiger partial charge on any atom is -0.324 e. The minimum absolute atomic E-state index is 0.422. The van der Waals surface area contributed by atoms with E-state index in [9.17, 15) is 26.3 Å². The van der Waals surface area contributed by atoms with Gasteiger partial charge in [-0.2, -0.15) is 26.3 Å². The Morgan fingerprint density at radius 3 is 2.28 bits per heavy atom. The van der Waals surface area contributed by atoms with E-state index in [4.69, 9.17) is 5.73 Å². The zero-order valence-electron chi connectivity index (χ0n) is 9.02. The van der Waals surface area contributed by atoms with Crippen LogP contribution in [-0.2, 0) is 6.18 Å². The Balaban J connectivity index is 2.89. The average molecular weight is 272 g/mol. The molecule has 1 unspecified atom stereocenters. The number of aromatic nitrogens is 1. The van der Waals surface area contributed by atoms with E-state index in [0.29, 0.717) is 6.07 Å². The Kier molecular flexibility index (Phi) is 4.20. The molecule has 1 atom stereocenters. The average Bonchev–Trinajstić information content (AvgIpc) is 2.24. The van der Waals surface area contributed by atoms with Crippen molar-refractivity contribution in [2.24, 2.45) is 5.73 Å². The van der Waals surface area contributed by atoms with E-state index < -0.39 is 42.4 Å². The summed E-state index contributed by atoms with van der Waals surface area (Å²) >= 11 is 0. The zero-order valence-corrected chi connectivity index (χ0v) is 9.02. The second-order valence-corrected chi connectivity index (χ2v) is 3.72.